The van der Waals surface area contributed by atoms with Crippen LogP contribution < -0.4 is 0 Å². The minimum Gasteiger partial charge on any atom is -0.481 e. The van der Waals surface area contributed by atoms with E-state index in [4.69, 9.17) is 0 Å². The van der Waals surface area contributed by atoms with E-state index in [1.807, 2.05) is 91.0 Å². The molecule has 4 N–H and O–H groups in total. The van der Waals surface area contributed by atoms with Crippen molar-refractivity contribution in [1.29, 1.82) is 0 Å². The molecule has 47 heavy (non-hydrogen) atoms. The highest BCUT2D eigenvalue weighted by molar-refractivity contribution is 5.70. The number of aliphatic hydroxyl groups excluding tert-OH is 3. The lowest BCUT2D eigenvalue weighted by Crippen LogP contribution is -2.54. The molecule has 5 nitrogen and oxygen atoms in total. The first-order valence-electron chi connectivity index (χ1n) is 18.3. The summed E-state index contributed by atoms with van der Waals surface area (Å²) in [6.07, 6.45) is 13.1. The monoisotopic (exact) mass is 644 g/mol. The molecule has 5 atom stereocenters. The van der Waals surface area contributed by atoms with Crippen LogP contribution in [0.4, 0.5) is 0 Å². The quantitative estimate of drug-likeness (QED) is 0.0576. The van der Waals surface area contributed by atoms with Crippen LogP contribution in [0.15, 0.2) is 91.0 Å². The molecule has 3 aromatic carbocycles. The average Bonchev–Trinajstić information content (AvgIpc) is 3.11. The Bertz CT molecular complexity index is 1130. The van der Waals surface area contributed by atoms with Crippen molar-refractivity contribution in [2.75, 3.05) is 0 Å². The van der Waals surface area contributed by atoms with Gasteiger partial charge in [0.05, 0.1) is 17.4 Å². The van der Waals surface area contributed by atoms with Gasteiger partial charge < -0.3 is 20.4 Å². The minimum atomic E-state index is -1.60. The Hall–Kier alpha value is -2.99. The maximum absolute atomic E-state index is 12.3. The van der Waals surface area contributed by atoms with Gasteiger partial charge in [-0.3, -0.25) is 4.79 Å². The molecule has 0 fully saturated rings. The highest BCUT2D eigenvalue weighted by atomic mass is 16.4. The zero-order valence-electron chi connectivity index (χ0n) is 28.9. The molecule has 0 saturated heterocycles. The van der Waals surface area contributed by atoms with Gasteiger partial charge in [0.15, 0.2) is 0 Å². The van der Waals surface area contributed by atoms with Crippen LogP contribution in [-0.2, 0) is 10.2 Å². The van der Waals surface area contributed by atoms with Crippen molar-refractivity contribution in [3.63, 3.8) is 0 Å². The topological polar surface area (TPSA) is 98.0 Å². The van der Waals surface area contributed by atoms with E-state index in [1.165, 1.54) is 64.2 Å². The highest BCUT2D eigenvalue weighted by Gasteiger charge is 2.49. The number of hydrogen-bond acceptors (Lipinski definition) is 4. The average molecular weight is 645 g/mol. The number of carboxylic acids is 1. The van der Waals surface area contributed by atoms with Crippen LogP contribution in [0.3, 0.4) is 0 Å². The van der Waals surface area contributed by atoms with E-state index in [9.17, 15) is 25.2 Å². The molecular formula is C42H60O5. The van der Waals surface area contributed by atoms with Gasteiger partial charge in [-0.25, -0.2) is 0 Å². The standard InChI is InChI=1S/C42H60O5/c1-3-4-5-6-7-8-9-10-11-12-13-14-15-25-32-37(33(2)41(46)47)38(43)39(44)40(45)42(34-26-19-16-20-27-34,35-28-21-17-22-29-35)36-30-23-18-24-31-36/h16-24,26-31,33,37-40,43-45H,3-15,25,32H2,1-2H3,(H,46,47). The van der Waals surface area contributed by atoms with Crippen LogP contribution in [0.5, 0.6) is 0 Å². The van der Waals surface area contributed by atoms with Gasteiger partial charge in [-0.15, -0.1) is 0 Å². The molecular weight excluding hydrogens is 584 g/mol. The Labute approximate surface area is 284 Å². The summed E-state index contributed by atoms with van der Waals surface area (Å²) < 4.78 is 0. The van der Waals surface area contributed by atoms with E-state index < -0.39 is 41.5 Å². The summed E-state index contributed by atoms with van der Waals surface area (Å²) in [5, 5.41) is 45.8. The number of carbonyl (C=O) groups is 1. The Morgan fingerprint density at radius 1 is 0.553 bits per heavy atom. The Morgan fingerprint density at radius 3 is 1.23 bits per heavy atom. The van der Waals surface area contributed by atoms with Crippen LogP contribution in [0, 0.1) is 11.8 Å². The van der Waals surface area contributed by atoms with Crippen molar-refractivity contribution >= 4 is 5.97 Å². The van der Waals surface area contributed by atoms with E-state index in [-0.39, 0.29) is 0 Å². The number of rotatable bonds is 24. The molecule has 258 valence electrons. The summed E-state index contributed by atoms with van der Waals surface area (Å²) in [4.78, 5) is 12.2. The third kappa shape index (κ3) is 11.0. The smallest absolute Gasteiger partial charge is 0.306 e. The van der Waals surface area contributed by atoms with Gasteiger partial charge in [-0.05, 0) is 23.1 Å². The molecule has 3 rings (SSSR count). The van der Waals surface area contributed by atoms with Crippen molar-refractivity contribution in [2.45, 2.75) is 134 Å². The van der Waals surface area contributed by atoms with Gasteiger partial charge in [-0.2, -0.15) is 0 Å². The normalized spacial score (nSPS) is 15.1. The van der Waals surface area contributed by atoms with Crippen LogP contribution >= 0.6 is 0 Å². The summed E-state index contributed by atoms with van der Waals surface area (Å²) in [5.74, 6) is -2.61. The third-order valence-corrected chi connectivity index (χ3v) is 10.2. The van der Waals surface area contributed by atoms with Gasteiger partial charge >= 0.3 is 5.97 Å². The molecule has 3 aromatic rings. The van der Waals surface area contributed by atoms with Crippen LogP contribution in [-0.4, -0.2) is 44.7 Å². The van der Waals surface area contributed by atoms with Gasteiger partial charge in [0.25, 0.3) is 0 Å². The first-order valence-corrected chi connectivity index (χ1v) is 18.3. The molecule has 0 aliphatic rings. The van der Waals surface area contributed by atoms with Gasteiger partial charge in [0, 0.05) is 5.92 Å². The minimum absolute atomic E-state index is 0.464. The fourth-order valence-corrected chi connectivity index (χ4v) is 7.29. The Morgan fingerprint density at radius 2 is 0.894 bits per heavy atom. The molecule has 5 heteroatoms. The maximum atomic E-state index is 12.3. The van der Waals surface area contributed by atoms with E-state index in [0.29, 0.717) is 6.42 Å². The number of aliphatic carboxylic acids is 1. The van der Waals surface area contributed by atoms with E-state index >= 15 is 0 Å². The van der Waals surface area contributed by atoms with Gasteiger partial charge in [0.1, 0.15) is 12.2 Å². The van der Waals surface area contributed by atoms with Crippen molar-refractivity contribution in [3.05, 3.63) is 108 Å². The summed E-state index contributed by atoms with van der Waals surface area (Å²) in [6, 6.07) is 28.7. The third-order valence-electron chi connectivity index (χ3n) is 10.2. The lowest BCUT2D eigenvalue weighted by atomic mass is 9.63. The SMILES string of the molecule is CCCCCCCCCCCCCCCCC(C(C)C(=O)O)C(O)C(O)C(O)C(c1ccccc1)(c1ccccc1)c1ccccc1. The van der Waals surface area contributed by atoms with E-state index in [1.54, 1.807) is 6.92 Å². The van der Waals surface area contributed by atoms with Gasteiger partial charge in [-0.1, -0.05) is 195 Å². The van der Waals surface area contributed by atoms with E-state index in [0.717, 1.165) is 42.4 Å². The number of hydrogen-bond donors (Lipinski definition) is 4. The zero-order chi connectivity index (χ0) is 33.9. The predicted octanol–water partition coefficient (Wildman–Crippen LogP) is 9.31. The van der Waals surface area contributed by atoms with Crippen molar-refractivity contribution in [1.82, 2.24) is 0 Å². The van der Waals surface area contributed by atoms with E-state index in [2.05, 4.69) is 6.92 Å². The van der Waals surface area contributed by atoms with Crippen molar-refractivity contribution in [2.24, 2.45) is 11.8 Å². The second kappa shape index (κ2) is 21.1. The fraction of sp³-hybridized carbons (Fsp3) is 0.548. The largest absolute Gasteiger partial charge is 0.481 e. The number of benzene rings is 3. The molecule has 5 unspecified atom stereocenters. The molecule has 0 aliphatic heterocycles. The van der Waals surface area contributed by atoms with Crippen LogP contribution in [0.25, 0.3) is 0 Å². The Balaban J connectivity index is 1.67. The van der Waals surface area contributed by atoms with Gasteiger partial charge in [0.2, 0.25) is 0 Å². The second-order valence-electron chi connectivity index (χ2n) is 13.5. The first kappa shape index (κ1) is 38.5. The van der Waals surface area contributed by atoms with Crippen molar-refractivity contribution in [3.8, 4) is 0 Å². The molecule has 0 amide bonds. The predicted molar refractivity (Wildman–Crippen MR) is 192 cm³/mol. The van der Waals surface area contributed by atoms with Crippen LogP contribution in [0.1, 0.15) is 127 Å². The summed E-state index contributed by atoms with van der Waals surface area (Å²) in [5.41, 5.74) is 1.10. The lowest BCUT2D eigenvalue weighted by molar-refractivity contribution is -0.149. The second-order valence-corrected chi connectivity index (χ2v) is 13.5. The fourth-order valence-electron chi connectivity index (χ4n) is 7.29. The zero-order valence-corrected chi connectivity index (χ0v) is 28.9. The summed E-state index contributed by atoms with van der Waals surface area (Å²) in [7, 11) is 0. The molecule has 0 saturated carbocycles. The molecule has 0 heterocycles. The molecule has 0 aliphatic carbocycles. The molecule has 0 radical (unpaired) electrons. The maximum Gasteiger partial charge on any atom is 0.306 e. The summed E-state index contributed by atoms with van der Waals surface area (Å²) in [6.45, 7) is 3.85. The molecule has 0 aromatic heterocycles. The first-order chi connectivity index (χ1) is 22.9. The summed E-state index contributed by atoms with van der Waals surface area (Å²) >= 11 is 0. The Kier molecular flexibility index (Phi) is 17.2. The number of unbranched alkanes of at least 4 members (excludes halogenated alkanes) is 13. The van der Waals surface area contributed by atoms with Crippen LogP contribution in [0.2, 0.25) is 0 Å². The number of aliphatic hydroxyl groups is 3. The molecule has 0 spiro atoms. The lowest BCUT2D eigenvalue weighted by Gasteiger charge is -2.44. The number of carboxylic acid groups (broad SMARTS) is 1. The van der Waals surface area contributed by atoms with Crippen molar-refractivity contribution < 1.29 is 25.2 Å². The highest BCUT2D eigenvalue weighted by Crippen LogP contribution is 2.44. The molecule has 0 bridgehead atoms.